The summed E-state index contributed by atoms with van der Waals surface area (Å²) in [4.78, 5) is 13.1. The quantitative estimate of drug-likeness (QED) is 0.890. The number of hydrogen-bond donors (Lipinski definition) is 1. The molecular formula is C20H19FN2O3. The third-order valence-corrected chi connectivity index (χ3v) is 4.50. The van der Waals surface area contributed by atoms with Gasteiger partial charge in [0.2, 0.25) is 0 Å². The number of hydrogen-bond acceptors (Lipinski definition) is 4. The van der Waals surface area contributed by atoms with E-state index in [0.29, 0.717) is 0 Å². The first-order chi connectivity index (χ1) is 12.5. The van der Waals surface area contributed by atoms with Gasteiger partial charge in [-0.15, -0.1) is 0 Å². The van der Waals surface area contributed by atoms with Crippen LogP contribution in [0.1, 0.15) is 34.3 Å². The Bertz CT molecular complexity index is 822. The number of rotatable bonds is 5. The molecule has 2 aromatic carbocycles. The first kappa shape index (κ1) is 17.9. The largest absolute Gasteiger partial charge is 0.487 e. The fourth-order valence-corrected chi connectivity index (χ4v) is 3.04. The van der Waals surface area contributed by atoms with E-state index in [1.165, 1.54) is 12.1 Å². The zero-order valence-corrected chi connectivity index (χ0v) is 14.2. The van der Waals surface area contributed by atoms with Crippen LogP contribution in [-0.4, -0.2) is 35.2 Å². The minimum absolute atomic E-state index is 0.0527. The van der Waals surface area contributed by atoms with Crippen molar-refractivity contribution in [1.29, 1.82) is 5.26 Å². The molecule has 0 radical (unpaired) electrons. The fourth-order valence-electron chi connectivity index (χ4n) is 3.04. The molecule has 0 spiro atoms. The van der Waals surface area contributed by atoms with Crippen LogP contribution in [0.3, 0.4) is 0 Å². The van der Waals surface area contributed by atoms with Crippen LogP contribution in [0.25, 0.3) is 0 Å². The monoisotopic (exact) mass is 354 g/mol. The lowest BCUT2D eigenvalue weighted by molar-refractivity contribution is 0.0696. The van der Waals surface area contributed by atoms with Crippen LogP contribution >= 0.6 is 0 Å². The van der Waals surface area contributed by atoms with Gasteiger partial charge in [-0.25, -0.2) is 9.18 Å². The highest BCUT2D eigenvalue weighted by Gasteiger charge is 2.21. The molecular weight excluding hydrogens is 335 g/mol. The molecule has 0 saturated carbocycles. The van der Waals surface area contributed by atoms with Crippen molar-refractivity contribution in [3.8, 4) is 11.8 Å². The van der Waals surface area contributed by atoms with E-state index >= 15 is 0 Å². The third kappa shape index (κ3) is 4.38. The van der Waals surface area contributed by atoms with Crippen LogP contribution < -0.4 is 4.74 Å². The number of likely N-dealkylation sites (tertiary alicyclic amines) is 1. The van der Waals surface area contributed by atoms with Crippen molar-refractivity contribution in [3.05, 3.63) is 65.0 Å². The van der Waals surface area contributed by atoms with E-state index in [2.05, 4.69) is 4.90 Å². The van der Waals surface area contributed by atoms with Gasteiger partial charge in [0.1, 0.15) is 6.10 Å². The maximum Gasteiger partial charge on any atom is 0.335 e. The van der Waals surface area contributed by atoms with Crippen molar-refractivity contribution < 1.29 is 19.0 Å². The van der Waals surface area contributed by atoms with Gasteiger partial charge in [-0.05, 0) is 48.7 Å². The highest BCUT2D eigenvalue weighted by atomic mass is 19.1. The van der Waals surface area contributed by atoms with E-state index in [1.807, 2.05) is 18.2 Å². The SMILES string of the molecule is N#Cc1ccc(OC2CCN(Cc3ccc(C(=O)O)cc3)CC2)c(F)c1. The number of carboxylic acid groups (broad SMARTS) is 1. The van der Waals surface area contributed by atoms with Crippen LogP contribution in [0.5, 0.6) is 5.75 Å². The Balaban J connectivity index is 1.51. The van der Waals surface area contributed by atoms with Gasteiger partial charge in [-0.1, -0.05) is 12.1 Å². The second-order valence-electron chi connectivity index (χ2n) is 6.35. The standard InChI is InChI=1S/C20H19FN2O3/c21-18-11-15(12-22)3-6-19(18)26-17-7-9-23(10-8-17)13-14-1-4-16(5-2-14)20(24)25/h1-6,11,17H,7-10,13H2,(H,24,25). The first-order valence-corrected chi connectivity index (χ1v) is 8.46. The molecule has 1 N–H and O–H groups in total. The Kier molecular flexibility index (Phi) is 5.49. The number of benzene rings is 2. The van der Waals surface area contributed by atoms with Gasteiger partial charge < -0.3 is 9.84 Å². The van der Waals surface area contributed by atoms with Gasteiger partial charge in [-0.3, -0.25) is 4.90 Å². The molecule has 2 aromatic rings. The Morgan fingerprint density at radius 1 is 1.23 bits per heavy atom. The maximum absolute atomic E-state index is 13.9. The Labute approximate surface area is 151 Å². The van der Waals surface area contributed by atoms with Gasteiger partial charge in [0.25, 0.3) is 0 Å². The number of piperidine rings is 1. The average Bonchev–Trinajstić information content (AvgIpc) is 2.65. The number of carboxylic acids is 1. The molecule has 3 rings (SSSR count). The molecule has 26 heavy (non-hydrogen) atoms. The topological polar surface area (TPSA) is 73.6 Å². The van der Waals surface area contributed by atoms with Crippen LogP contribution in [0.4, 0.5) is 4.39 Å². The van der Waals surface area contributed by atoms with E-state index in [9.17, 15) is 9.18 Å². The lowest BCUT2D eigenvalue weighted by Crippen LogP contribution is -2.37. The molecule has 6 heteroatoms. The summed E-state index contributed by atoms with van der Waals surface area (Å²) in [5.74, 6) is -1.25. The van der Waals surface area contributed by atoms with E-state index in [1.54, 1.807) is 18.2 Å². The number of nitriles is 1. The van der Waals surface area contributed by atoms with E-state index in [0.717, 1.165) is 38.0 Å². The zero-order valence-electron chi connectivity index (χ0n) is 14.2. The molecule has 1 heterocycles. The molecule has 1 saturated heterocycles. The number of ether oxygens (including phenoxy) is 1. The lowest BCUT2D eigenvalue weighted by Gasteiger charge is -2.32. The van der Waals surface area contributed by atoms with Crippen molar-refractivity contribution >= 4 is 5.97 Å². The number of nitrogens with zero attached hydrogens (tertiary/aromatic N) is 2. The van der Waals surface area contributed by atoms with E-state index in [-0.39, 0.29) is 23.0 Å². The predicted molar refractivity (Wildman–Crippen MR) is 93.4 cm³/mol. The molecule has 0 bridgehead atoms. The molecule has 0 amide bonds. The summed E-state index contributed by atoms with van der Waals surface area (Å²) in [6, 6.07) is 13.0. The molecule has 0 unspecified atom stereocenters. The average molecular weight is 354 g/mol. The van der Waals surface area contributed by atoms with Gasteiger partial charge >= 0.3 is 5.97 Å². The molecule has 1 aliphatic heterocycles. The number of halogens is 1. The number of aromatic carboxylic acids is 1. The molecule has 0 aromatic heterocycles. The maximum atomic E-state index is 13.9. The minimum Gasteiger partial charge on any atom is -0.487 e. The Morgan fingerprint density at radius 2 is 1.92 bits per heavy atom. The van der Waals surface area contributed by atoms with Crippen LogP contribution in [0.15, 0.2) is 42.5 Å². The fraction of sp³-hybridized carbons (Fsp3) is 0.300. The van der Waals surface area contributed by atoms with Gasteiger partial charge in [0, 0.05) is 19.6 Å². The summed E-state index contributed by atoms with van der Waals surface area (Å²) in [7, 11) is 0. The van der Waals surface area contributed by atoms with E-state index in [4.69, 9.17) is 15.1 Å². The molecule has 1 fully saturated rings. The van der Waals surface area contributed by atoms with Gasteiger partial charge in [-0.2, -0.15) is 5.26 Å². The van der Waals surface area contributed by atoms with E-state index < -0.39 is 11.8 Å². The van der Waals surface area contributed by atoms with Crippen LogP contribution in [0, 0.1) is 17.1 Å². The highest BCUT2D eigenvalue weighted by Crippen LogP contribution is 2.23. The molecule has 0 aliphatic carbocycles. The normalized spacial score (nSPS) is 15.4. The first-order valence-electron chi connectivity index (χ1n) is 8.46. The Morgan fingerprint density at radius 3 is 2.50 bits per heavy atom. The van der Waals surface area contributed by atoms with Gasteiger partial charge in [0.05, 0.1) is 17.2 Å². The molecule has 5 nitrogen and oxygen atoms in total. The summed E-state index contributed by atoms with van der Waals surface area (Å²) in [6.07, 6.45) is 1.52. The van der Waals surface area contributed by atoms with Crippen LogP contribution in [-0.2, 0) is 6.54 Å². The summed E-state index contributed by atoms with van der Waals surface area (Å²) in [6.45, 7) is 2.39. The summed E-state index contributed by atoms with van der Waals surface area (Å²) in [5.41, 5.74) is 1.62. The second kappa shape index (κ2) is 7.98. The van der Waals surface area contributed by atoms with Crippen molar-refractivity contribution in [1.82, 2.24) is 4.90 Å². The molecule has 0 atom stereocenters. The predicted octanol–water partition coefficient (Wildman–Crippen LogP) is 3.44. The zero-order chi connectivity index (χ0) is 18.5. The Hall–Kier alpha value is -2.91. The minimum atomic E-state index is -0.926. The summed E-state index contributed by atoms with van der Waals surface area (Å²) in [5, 5.41) is 17.7. The smallest absolute Gasteiger partial charge is 0.335 e. The summed E-state index contributed by atoms with van der Waals surface area (Å²) < 4.78 is 19.7. The van der Waals surface area contributed by atoms with Crippen molar-refractivity contribution in [2.24, 2.45) is 0 Å². The molecule has 1 aliphatic rings. The lowest BCUT2D eigenvalue weighted by atomic mass is 10.1. The summed E-state index contributed by atoms with van der Waals surface area (Å²) >= 11 is 0. The third-order valence-electron chi connectivity index (χ3n) is 4.50. The van der Waals surface area contributed by atoms with Crippen LogP contribution in [0.2, 0.25) is 0 Å². The molecule has 134 valence electrons. The second-order valence-corrected chi connectivity index (χ2v) is 6.35. The van der Waals surface area contributed by atoms with Crippen molar-refractivity contribution in [3.63, 3.8) is 0 Å². The highest BCUT2D eigenvalue weighted by molar-refractivity contribution is 5.87. The van der Waals surface area contributed by atoms with Crippen molar-refractivity contribution in [2.45, 2.75) is 25.5 Å². The van der Waals surface area contributed by atoms with Gasteiger partial charge in [0.15, 0.2) is 11.6 Å². The van der Waals surface area contributed by atoms with Crippen molar-refractivity contribution in [2.75, 3.05) is 13.1 Å². The number of carbonyl (C=O) groups is 1.